The van der Waals surface area contributed by atoms with Gasteiger partial charge in [-0.15, -0.1) is 0 Å². The Morgan fingerprint density at radius 3 is 2.61 bits per heavy atom. The highest BCUT2D eigenvalue weighted by Gasteiger charge is 2.32. The second kappa shape index (κ2) is 9.22. The molecule has 1 aliphatic rings. The SMILES string of the molecule is C=CC(=O)N1CCN(C(C)=O)[C@H](c2cc(Cl)nc(-c3ccc(C(=O)NC)nc3F)c2)C1. The molecule has 0 radical (unpaired) electrons. The highest BCUT2D eigenvalue weighted by atomic mass is 35.5. The Kier molecular flexibility index (Phi) is 6.65. The van der Waals surface area contributed by atoms with Gasteiger partial charge >= 0.3 is 0 Å². The average molecular weight is 446 g/mol. The first kappa shape index (κ1) is 22.4. The minimum Gasteiger partial charge on any atom is -0.354 e. The van der Waals surface area contributed by atoms with Crippen molar-refractivity contribution in [2.45, 2.75) is 13.0 Å². The average Bonchev–Trinajstić information content (AvgIpc) is 2.76. The number of carbonyl (C=O) groups is 3. The Morgan fingerprint density at radius 2 is 2.00 bits per heavy atom. The number of carbonyl (C=O) groups excluding carboxylic acids is 3. The Morgan fingerprint density at radius 1 is 1.26 bits per heavy atom. The molecule has 3 rings (SSSR count). The molecule has 8 nitrogen and oxygen atoms in total. The first-order chi connectivity index (χ1) is 14.7. The van der Waals surface area contributed by atoms with Crippen molar-refractivity contribution in [3.05, 3.63) is 59.3 Å². The van der Waals surface area contributed by atoms with Gasteiger partial charge in [-0.3, -0.25) is 14.4 Å². The molecule has 3 amide bonds. The second-order valence-corrected chi connectivity index (χ2v) is 7.33. The quantitative estimate of drug-likeness (QED) is 0.575. The lowest BCUT2D eigenvalue weighted by molar-refractivity contribution is -0.139. The zero-order valence-corrected chi connectivity index (χ0v) is 17.8. The smallest absolute Gasteiger partial charge is 0.269 e. The summed E-state index contributed by atoms with van der Waals surface area (Å²) < 4.78 is 14.7. The number of hydrogen-bond acceptors (Lipinski definition) is 5. The lowest BCUT2D eigenvalue weighted by atomic mass is 10.0. The van der Waals surface area contributed by atoms with E-state index in [0.29, 0.717) is 18.7 Å². The van der Waals surface area contributed by atoms with Crippen LogP contribution in [-0.4, -0.2) is 64.2 Å². The van der Waals surface area contributed by atoms with E-state index in [0.717, 1.165) is 0 Å². The van der Waals surface area contributed by atoms with Crippen LogP contribution in [0.5, 0.6) is 0 Å². The van der Waals surface area contributed by atoms with E-state index in [4.69, 9.17) is 11.6 Å². The summed E-state index contributed by atoms with van der Waals surface area (Å²) in [5, 5.41) is 2.48. The molecule has 0 spiro atoms. The molecule has 31 heavy (non-hydrogen) atoms. The van der Waals surface area contributed by atoms with E-state index >= 15 is 0 Å². The predicted octanol–water partition coefficient (Wildman–Crippen LogP) is 2.21. The first-order valence-corrected chi connectivity index (χ1v) is 9.88. The summed E-state index contributed by atoms with van der Waals surface area (Å²) in [5.41, 5.74) is 0.786. The van der Waals surface area contributed by atoms with Crippen LogP contribution in [0.4, 0.5) is 4.39 Å². The third-order valence-electron chi connectivity index (χ3n) is 5.06. The molecule has 1 fully saturated rings. The predicted molar refractivity (Wildman–Crippen MR) is 113 cm³/mol. The van der Waals surface area contributed by atoms with Gasteiger partial charge < -0.3 is 15.1 Å². The van der Waals surface area contributed by atoms with Crippen LogP contribution in [-0.2, 0) is 9.59 Å². The summed E-state index contributed by atoms with van der Waals surface area (Å²) in [6.07, 6.45) is 1.22. The van der Waals surface area contributed by atoms with Gasteiger partial charge in [0.15, 0.2) is 0 Å². The monoisotopic (exact) mass is 445 g/mol. The number of halogens is 2. The van der Waals surface area contributed by atoms with E-state index in [9.17, 15) is 18.8 Å². The summed E-state index contributed by atoms with van der Waals surface area (Å²) in [5.74, 6) is -1.80. The van der Waals surface area contributed by atoms with Gasteiger partial charge in [0.05, 0.1) is 17.3 Å². The molecule has 0 bridgehead atoms. The van der Waals surface area contributed by atoms with Crippen molar-refractivity contribution in [3.8, 4) is 11.3 Å². The van der Waals surface area contributed by atoms with E-state index < -0.39 is 17.9 Å². The number of nitrogens with one attached hydrogen (secondary N) is 1. The van der Waals surface area contributed by atoms with Gasteiger partial charge in [0.2, 0.25) is 17.8 Å². The van der Waals surface area contributed by atoms with Crippen LogP contribution in [0.25, 0.3) is 11.3 Å². The molecule has 0 unspecified atom stereocenters. The maximum absolute atomic E-state index is 14.7. The van der Waals surface area contributed by atoms with Crippen LogP contribution in [0.3, 0.4) is 0 Å². The summed E-state index contributed by atoms with van der Waals surface area (Å²) in [4.78, 5) is 47.1. The van der Waals surface area contributed by atoms with Crippen LogP contribution in [0.1, 0.15) is 29.0 Å². The molecule has 0 aliphatic carbocycles. The third-order valence-corrected chi connectivity index (χ3v) is 5.25. The van der Waals surface area contributed by atoms with E-state index in [1.807, 2.05) is 0 Å². The minimum absolute atomic E-state index is 0.0561. The molecule has 1 N–H and O–H groups in total. The fourth-order valence-corrected chi connectivity index (χ4v) is 3.72. The van der Waals surface area contributed by atoms with Gasteiger partial charge in [0.25, 0.3) is 5.91 Å². The van der Waals surface area contributed by atoms with Crippen LogP contribution >= 0.6 is 11.6 Å². The first-order valence-electron chi connectivity index (χ1n) is 9.50. The fraction of sp³-hybridized carbons (Fsp3) is 0.286. The van der Waals surface area contributed by atoms with Gasteiger partial charge in [0, 0.05) is 33.6 Å². The van der Waals surface area contributed by atoms with Crippen molar-refractivity contribution < 1.29 is 18.8 Å². The number of hydrogen-bond donors (Lipinski definition) is 1. The number of nitrogens with zero attached hydrogens (tertiary/aromatic N) is 4. The summed E-state index contributed by atoms with van der Waals surface area (Å²) in [6, 6.07) is 5.47. The van der Waals surface area contributed by atoms with Gasteiger partial charge in [-0.2, -0.15) is 4.39 Å². The number of rotatable bonds is 4. The zero-order valence-electron chi connectivity index (χ0n) is 17.1. The maximum atomic E-state index is 14.7. The van der Waals surface area contributed by atoms with Crippen LogP contribution in [0.15, 0.2) is 36.9 Å². The van der Waals surface area contributed by atoms with E-state index in [1.165, 1.54) is 32.2 Å². The molecule has 1 saturated heterocycles. The van der Waals surface area contributed by atoms with Crippen LogP contribution < -0.4 is 5.32 Å². The Labute approximate surface area is 183 Å². The molecular weight excluding hydrogens is 425 g/mol. The van der Waals surface area contributed by atoms with Crippen molar-refractivity contribution in [2.75, 3.05) is 26.7 Å². The van der Waals surface area contributed by atoms with E-state index in [1.54, 1.807) is 21.9 Å². The summed E-state index contributed by atoms with van der Waals surface area (Å²) in [7, 11) is 1.42. The van der Waals surface area contributed by atoms with Gasteiger partial charge in [-0.1, -0.05) is 18.2 Å². The molecule has 3 heterocycles. The molecule has 162 valence electrons. The highest BCUT2D eigenvalue weighted by Crippen LogP contribution is 2.31. The summed E-state index contributed by atoms with van der Waals surface area (Å²) in [6.45, 7) is 5.91. The Hall–Kier alpha value is -3.33. The topological polar surface area (TPSA) is 95.5 Å². The van der Waals surface area contributed by atoms with Crippen molar-refractivity contribution in [2.24, 2.45) is 0 Å². The normalized spacial score (nSPS) is 16.1. The number of pyridine rings is 2. The minimum atomic E-state index is -0.877. The van der Waals surface area contributed by atoms with Crippen molar-refractivity contribution in [3.63, 3.8) is 0 Å². The second-order valence-electron chi connectivity index (χ2n) is 6.94. The lowest BCUT2D eigenvalue weighted by Crippen LogP contribution is -2.51. The Balaban J connectivity index is 2.03. The summed E-state index contributed by atoms with van der Waals surface area (Å²) >= 11 is 6.21. The van der Waals surface area contributed by atoms with Crippen LogP contribution in [0.2, 0.25) is 5.15 Å². The molecule has 2 aromatic heterocycles. The van der Waals surface area contributed by atoms with Gasteiger partial charge in [-0.05, 0) is 35.9 Å². The lowest BCUT2D eigenvalue weighted by Gasteiger charge is -2.41. The van der Waals surface area contributed by atoms with E-state index in [-0.39, 0.29) is 40.5 Å². The third kappa shape index (κ3) is 4.72. The van der Waals surface area contributed by atoms with Gasteiger partial charge in [-0.25, -0.2) is 9.97 Å². The molecular formula is C21H21ClFN5O3. The molecule has 1 aliphatic heterocycles. The largest absolute Gasteiger partial charge is 0.354 e. The van der Waals surface area contributed by atoms with Gasteiger partial charge in [0.1, 0.15) is 10.8 Å². The molecule has 1 atom stereocenters. The molecule has 2 aromatic rings. The number of amides is 3. The molecule has 0 saturated carbocycles. The van der Waals surface area contributed by atoms with Crippen molar-refractivity contribution >= 4 is 29.3 Å². The molecule has 0 aromatic carbocycles. The fourth-order valence-electron chi connectivity index (χ4n) is 3.50. The maximum Gasteiger partial charge on any atom is 0.269 e. The molecule has 10 heteroatoms. The van der Waals surface area contributed by atoms with E-state index in [2.05, 4.69) is 21.9 Å². The zero-order chi connectivity index (χ0) is 22.7. The standard InChI is InChI=1S/C21H21ClFN5O3/c1-4-19(30)27-7-8-28(12(2)29)17(11-27)13-9-16(25-18(22)10-13)14-5-6-15(21(31)24-3)26-20(14)23/h4-6,9-10,17H,1,7-8,11H2,2-3H3,(H,24,31)/t17-/m0/s1. The van der Waals surface area contributed by atoms with Crippen molar-refractivity contribution in [1.82, 2.24) is 25.1 Å². The number of aromatic nitrogens is 2. The van der Waals surface area contributed by atoms with Crippen molar-refractivity contribution in [1.29, 1.82) is 0 Å². The Bertz CT molecular complexity index is 1060. The van der Waals surface area contributed by atoms with Crippen LogP contribution in [0, 0.1) is 5.95 Å². The highest BCUT2D eigenvalue weighted by molar-refractivity contribution is 6.29. The number of piperazine rings is 1.